The molecule has 3 heteroatoms. The second-order valence-electron chi connectivity index (χ2n) is 7.39. The van der Waals surface area contributed by atoms with Gasteiger partial charge in [-0.1, -0.05) is 25.8 Å². The molecule has 2 aliphatic carbocycles. The number of hydrogen-bond acceptors (Lipinski definition) is 3. The van der Waals surface area contributed by atoms with Crippen LogP contribution in [0.2, 0.25) is 0 Å². The van der Waals surface area contributed by atoms with E-state index in [1.807, 2.05) is 14.2 Å². The van der Waals surface area contributed by atoms with Crippen molar-refractivity contribution in [2.75, 3.05) is 20.8 Å². The predicted molar refractivity (Wildman–Crippen MR) is 92.0 cm³/mol. The van der Waals surface area contributed by atoms with E-state index in [0.29, 0.717) is 30.1 Å². The lowest BCUT2D eigenvalue weighted by molar-refractivity contribution is 0.0332. The SMILES string of the molecule is C=CC1CC(OC)CCC1CNC1CC(C)CCCC1OC. The minimum Gasteiger partial charge on any atom is -0.381 e. The Labute approximate surface area is 136 Å². The van der Waals surface area contributed by atoms with Gasteiger partial charge >= 0.3 is 0 Å². The van der Waals surface area contributed by atoms with E-state index in [9.17, 15) is 0 Å². The molecule has 0 amide bonds. The average Bonchev–Trinajstić information content (AvgIpc) is 2.73. The molecule has 2 saturated carbocycles. The van der Waals surface area contributed by atoms with E-state index >= 15 is 0 Å². The Bertz CT molecular complexity index is 333. The third-order valence-electron chi connectivity index (χ3n) is 5.87. The maximum atomic E-state index is 5.76. The van der Waals surface area contributed by atoms with Gasteiger partial charge in [-0.2, -0.15) is 0 Å². The van der Waals surface area contributed by atoms with E-state index in [4.69, 9.17) is 9.47 Å². The van der Waals surface area contributed by atoms with Gasteiger partial charge in [0, 0.05) is 20.3 Å². The first-order chi connectivity index (χ1) is 10.7. The summed E-state index contributed by atoms with van der Waals surface area (Å²) in [6.07, 6.45) is 11.6. The summed E-state index contributed by atoms with van der Waals surface area (Å²) in [6.45, 7) is 7.51. The quantitative estimate of drug-likeness (QED) is 0.598. The lowest BCUT2D eigenvalue weighted by Gasteiger charge is -2.36. The van der Waals surface area contributed by atoms with Gasteiger partial charge < -0.3 is 14.8 Å². The van der Waals surface area contributed by atoms with E-state index in [1.165, 1.54) is 38.5 Å². The van der Waals surface area contributed by atoms with Gasteiger partial charge in [-0.05, 0) is 56.4 Å². The third kappa shape index (κ3) is 4.81. The summed E-state index contributed by atoms with van der Waals surface area (Å²) in [5.74, 6) is 2.08. The first-order valence-corrected chi connectivity index (χ1v) is 9.09. The number of rotatable bonds is 6. The Kier molecular flexibility index (Phi) is 7.39. The number of ether oxygens (including phenoxy) is 2. The van der Waals surface area contributed by atoms with E-state index in [2.05, 4.69) is 24.9 Å². The average molecular weight is 309 g/mol. The van der Waals surface area contributed by atoms with E-state index < -0.39 is 0 Å². The molecule has 0 aromatic rings. The highest BCUT2D eigenvalue weighted by Crippen LogP contribution is 2.32. The second kappa shape index (κ2) is 9.05. The van der Waals surface area contributed by atoms with Gasteiger partial charge in [-0.3, -0.25) is 0 Å². The van der Waals surface area contributed by atoms with Crippen molar-refractivity contribution in [3.63, 3.8) is 0 Å². The molecule has 2 aliphatic rings. The molecule has 0 bridgehead atoms. The zero-order valence-corrected chi connectivity index (χ0v) is 14.7. The summed E-state index contributed by atoms with van der Waals surface area (Å²) in [7, 11) is 3.70. The predicted octanol–water partition coefficient (Wildman–Crippen LogP) is 3.79. The fourth-order valence-corrected chi connectivity index (χ4v) is 4.36. The molecule has 22 heavy (non-hydrogen) atoms. The molecule has 6 unspecified atom stereocenters. The summed E-state index contributed by atoms with van der Waals surface area (Å²) in [4.78, 5) is 0. The van der Waals surface area contributed by atoms with Crippen LogP contribution in [0.15, 0.2) is 12.7 Å². The van der Waals surface area contributed by atoms with Crippen LogP contribution in [0, 0.1) is 17.8 Å². The Balaban J connectivity index is 1.88. The summed E-state index contributed by atoms with van der Waals surface area (Å²) in [5, 5.41) is 3.85. The van der Waals surface area contributed by atoms with Crippen molar-refractivity contribution in [3.05, 3.63) is 12.7 Å². The standard InChI is InChI=1S/C19H35NO2/c1-5-15-12-17(21-3)10-9-16(15)13-20-18-11-14(2)7-6-8-19(18)22-4/h5,14-20H,1,6-13H2,2-4H3. The topological polar surface area (TPSA) is 30.5 Å². The van der Waals surface area contributed by atoms with E-state index in [0.717, 1.165) is 18.9 Å². The van der Waals surface area contributed by atoms with Crippen molar-refractivity contribution in [2.45, 2.75) is 70.1 Å². The van der Waals surface area contributed by atoms with Crippen LogP contribution in [0.5, 0.6) is 0 Å². The van der Waals surface area contributed by atoms with Crippen LogP contribution < -0.4 is 5.32 Å². The molecule has 6 atom stereocenters. The smallest absolute Gasteiger partial charge is 0.0724 e. The highest BCUT2D eigenvalue weighted by Gasteiger charge is 2.31. The van der Waals surface area contributed by atoms with Crippen molar-refractivity contribution in [2.24, 2.45) is 17.8 Å². The Morgan fingerprint density at radius 3 is 2.59 bits per heavy atom. The van der Waals surface area contributed by atoms with E-state index in [-0.39, 0.29) is 0 Å². The van der Waals surface area contributed by atoms with Crippen LogP contribution >= 0.6 is 0 Å². The fraction of sp³-hybridized carbons (Fsp3) is 0.895. The normalized spacial score (nSPS) is 40.1. The number of allylic oxidation sites excluding steroid dienone is 1. The molecule has 1 N–H and O–H groups in total. The highest BCUT2D eigenvalue weighted by atomic mass is 16.5. The first-order valence-electron chi connectivity index (χ1n) is 9.09. The van der Waals surface area contributed by atoms with Gasteiger partial charge in [0.2, 0.25) is 0 Å². The molecule has 128 valence electrons. The minimum atomic E-state index is 0.377. The molecule has 0 aromatic carbocycles. The molecular weight excluding hydrogens is 274 g/mol. The van der Waals surface area contributed by atoms with Crippen molar-refractivity contribution in [3.8, 4) is 0 Å². The number of methoxy groups -OCH3 is 2. The monoisotopic (exact) mass is 309 g/mol. The van der Waals surface area contributed by atoms with Gasteiger partial charge in [0.05, 0.1) is 12.2 Å². The molecule has 2 rings (SSSR count). The lowest BCUT2D eigenvalue weighted by Crippen LogP contribution is -2.45. The Hall–Kier alpha value is -0.380. The summed E-state index contributed by atoms with van der Waals surface area (Å²) < 4.78 is 11.3. The summed E-state index contributed by atoms with van der Waals surface area (Å²) in [5.41, 5.74) is 0. The first kappa shape index (κ1) is 18.0. The van der Waals surface area contributed by atoms with Crippen molar-refractivity contribution in [1.82, 2.24) is 5.32 Å². The van der Waals surface area contributed by atoms with Crippen LogP contribution in [-0.4, -0.2) is 39.0 Å². The van der Waals surface area contributed by atoms with Crippen molar-refractivity contribution < 1.29 is 9.47 Å². The highest BCUT2D eigenvalue weighted by molar-refractivity contribution is 4.93. The molecule has 0 aromatic heterocycles. The maximum absolute atomic E-state index is 5.76. The Morgan fingerprint density at radius 1 is 1.09 bits per heavy atom. The van der Waals surface area contributed by atoms with Crippen LogP contribution in [0.25, 0.3) is 0 Å². The van der Waals surface area contributed by atoms with Crippen LogP contribution in [0.4, 0.5) is 0 Å². The summed E-state index contributed by atoms with van der Waals surface area (Å²) >= 11 is 0. The van der Waals surface area contributed by atoms with Crippen LogP contribution in [-0.2, 0) is 9.47 Å². The van der Waals surface area contributed by atoms with Gasteiger partial charge in [0.25, 0.3) is 0 Å². The zero-order valence-electron chi connectivity index (χ0n) is 14.7. The molecule has 0 aliphatic heterocycles. The molecule has 0 spiro atoms. The number of nitrogens with one attached hydrogen (secondary N) is 1. The minimum absolute atomic E-state index is 0.377. The maximum Gasteiger partial charge on any atom is 0.0724 e. The third-order valence-corrected chi connectivity index (χ3v) is 5.87. The Morgan fingerprint density at radius 2 is 1.91 bits per heavy atom. The zero-order chi connectivity index (χ0) is 15.9. The van der Waals surface area contributed by atoms with Crippen molar-refractivity contribution >= 4 is 0 Å². The van der Waals surface area contributed by atoms with Crippen LogP contribution in [0.3, 0.4) is 0 Å². The molecule has 0 saturated heterocycles. The van der Waals surface area contributed by atoms with Gasteiger partial charge in [-0.15, -0.1) is 6.58 Å². The van der Waals surface area contributed by atoms with Gasteiger partial charge in [0.1, 0.15) is 0 Å². The largest absolute Gasteiger partial charge is 0.381 e. The van der Waals surface area contributed by atoms with Crippen molar-refractivity contribution in [1.29, 1.82) is 0 Å². The fourth-order valence-electron chi connectivity index (χ4n) is 4.36. The van der Waals surface area contributed by atoms with Crippen LogP contribution in [0.1, 0.15) is 51.9 Å². The molecule has 2 fully saturated rings. The molecule has 0 heterocycles. The van der Waals surface area contributed by atoms with Gasteiger partial charge in [-0.25, -0.2) is 0 Å². The molecular formula is C19H35NO2. The number of hydrogen-bond donors (Lipinski definition) is 1. The lowest BCUT2D eigenvalue weighted by atomic mass is 9.77. The molecule has 0 radical (unpaired) electrons. The van der Waals surface area contributed by atoms with E-state index in [1.54, 1.807) is 0 Å². The summed E-state index contributed by atoms with van der Waals surface area (Å²) in [6, 6.07) is 0.508. The van der Waals surface area contributed by atoms with Gasteiger partial charge in [0.15, 0.2) is 0 Å². The second-order valence-corrected chi connectivity index (χ2v) is 7.39. The molecule has 3 nitrogen and oxygen atoms in total.